The summed E-state index contributed by atoms with van der Waals surface area (Å²) in [5, 5.41) is 3.55. The molecule has 0 saturated carbocycles. The van der Waals surface area contributed by atoms with Gasteiger partial charge in [-0.25, -0.2) is 0 Å². The minimum absolute atomic E-state index is 0.0966. The normalized spacial score (nSPS) is 16.2. The fourth-order valence-corrected chi connectivity index (χ4v) is 3.09. The first-order valence-corrected chi connectivity index (χ1v) is 9.43. The molecule has 1 amide bonds. The number of benzene rings is 2. The second-order valence-electron chi connectivity index (χ2n) is 6.65. The van der Waals surface area contributed by atoms with Crippen molar-refractivity contribution in [3.63, 3.8) is 0 Å². The van der Waals surface area contributed by atoms with Crippen molar-refractivity contribution < 1.29 is 19.0 Å². The lowest BCUT2D eigenvalue weighted by Crippen LogP contribution is -2.21. The number of aryl methyl sites for hydroxylation is 2. The molecule has 5 nitrogen and oxygen atoms in total. The van der Waals surface area contributed by atoms with Gasteiger partial charge < -0.3 is 19.5 Å². The van der Waals surface area contributed by atoms with E-state index in [0.717, 1.165) is 30.6 Å². The highest BCUT2D eigenvalue weighted by Crippen LogP contribution is 2.27. The van der Waals surface area contributed by atoms with Crippen molar-refractivity contribution in [2.24, 2.45) is 0 Å². The summed E-state index contributed by atoms with van der Waals surface area (Å²) < 4.78 is 17.0. The summed E-state index contributed by atoms with van der Waals surface area (Å²) in [6.07, 6.45) is 2.18. The maximum absolute atomic E-state index is 12.3. The van der Waals surface area contributed by atoms with Crippen LogP contribution >= 0.6 is 11.6 Å². The lowest BCUT2D eigenvalue weighted by Gasteiger charge is -2.15. The number of carbonyl (C=O) groups is 1. The van der Waals surface area contributed by atoms with Gasteiger partial charge in [0.1, 0.15) is 18.1 Å². The van der Waals surface area contributed by atoms with Gasteiger partial charge in [0, 0.05) is 11.6 Å². The fourth-order valence-electron chi connectivity index (χ4n) is 2.98. The molecule has 27 heavy (non-hydrogen) atoms. The van der Waals surface area contributed by atoms with E-state index in [4.69, 9.17) is 25.8 Å². The summed E-state index contributed by atoms with van der Waals surface area (Å²) in [6.45, 7) is 4.98. The van der Waals surface area contributed by atoms with E-state index >= 15 is 0 Å². The predicted octanol–water partition coefficient (Wildman–Crippen LogP) is 4.53. The van der Waals surface area contributed by atoms with Crippen molar-refractivity contribution in [3.05, 3.63) is 52.5 Å². The zero-order valence-electron chi connectivity index (χ0n) is 15.6. The third-order valence-corrected chi connectivity index (χ3v) is 4.99. The van der Waals surface area contributed by atoms with Gasteiger partial charge in [-0.15, -0.1) is 0 Å². The molecule has 0 unspecified atom stereocenters. The molecule has 3 rings (SSSR count). The second kappa shape index (κ2) is 9.11. The number of nitrogens with one attached hydrogen (secondary N) is 1. The molecule has 0 aromatic heterocycles. The van der Waals surface area contributed by atoms with E-state index in [9.17, 15) is 4.79 Å². The van der Waals surface area contributed by atoms with Crippen molar-refractivity contribution in [1.29, 1.82) is 0 Å². The van der Waals surface area contributed by atoms with E-state index < -0.39 is 0 Å². The highest BCUT2D eigenvalue weighted by atomic mass is 35.5. The summed E-state index contributed by atoms with van der Waals surface area (Å²) in [5.74, 6) is 0.987. The van der Waals surface area contributed by atoms with Crippen LogP contribution in [0.3, 0.4) is 0 Å². The third kappa shape index (κ3) is 5.37. The first-order valence-electron chi connectivity index (χ1n) is 9.06. The SMILES string of the molecule is Cc1cc(OCC(=O)Nc2ccccc2OC[C@H]2CCCO2)cc(C)c1Cl. The number of ether oxygens (including phenoxy) is 3. The summed E-state index contributed by atoms with van der Waals surface area (Å²) in [5.41, 5.74) is 2.45. The maximum atomic E-state index is 12.3. The van der Waals surface area contributed by atoms with Gasteiger partial charge in [-0.2, -0.15) is 0 Å². The average Bonchev–Trinajstić information content (AvgIpc) is 3.17. The molecular weight excluding hydrogens is 366 g/mol. The monoisotopic (exact) mass is 389 g/mol. The van der Waals surface area contributed by atoms with Gasteiger partial charge in [0.2, 0.25) is 0 Å². The van der Waals surface area contributed by atoms with Crippen LogP contribution in [0.4, 0.5) is 5.69 Å². The highest BCUT2D eigenvalue weighted by molar-refractivity contribution is 6.32. The Kier molecular flexibility index (Phi) is 6.58. The fraction of sp³-hybridized carbons (Fsp3) is 0.381. The number of hydrogen-bond donors (Lipinski definition) is 1. The minimum Gasteiger partial charge on any atom is -0.489 e. The quantitative estimate of drug-likeness (QED) is 0.755. The maximum Gasteiger partial charge on any atom is 0.262 e. The lowest BCUT2D eigenvalue weighted by molar-refractivity contribution is -0.118. The number of rotatable bonds is 7. The Morgan fingerprint density at radius 1 is 1.22 bits per heavy atom. The molecule has 0 radical (unpaired) electrons. The van der Waals surface area contributed by atoms with E-state index in [-0.39, 0.29) is 18.6 Å². The summed E-state index contributed by atoms with van der Waals surface area (Å²) >= 11 is 6.16. The van der Waals surface area contributed by atoms with Crippen LogP contribution in [0.1, 0.15) is 24.0 Å². The van der Waals surface area contributed by atoms with Crippen molar-refractivity contribution in [3.8, 4) is 11.5 Å². The number of amides is 1. The summed E-state index contributed by atoms with van der Waals surface area (Å²) in [6, 6.07) is 11.0. The Labute approximate surface area is 164 Å². The number of halogens is 1. The van der Waals surface area contributed by atoms with Gasteiger partial charge in [0.05, 0.1) is 11.8 Å². The Bertz CT molecular complexity index is 780. The third-order valence-electron chi connectivity index (χ3n) is 4.39. The van der Waals surface area contributed by atoms with Gasteiger partial charge in [0.15, 0.2) is 6.61 Å². The molecule has 0 spiro atoms. The Balaban J connectivity index is 1.56. The van der Waals surface area contributed by atoms with E-state index in [0.29, 0.717) is 28.8 Å². The van der Waals surface area contributed by atoms with Gasteiger partial charge in [-0.05, 0) is 62.1 Å². The first kappa shape index (κ1) is 19.5. The van der Waals surface area contributed by atoms with Crippen molar-refractivity contribution >= 4 is 23.2 Å². The van der Waals surface area contributed by atoms with E-state index in [1.54, 1.807) is 6.07 Å². The number of carbonyl (C=O) groups excluding carboxylic acids is 1. The van der Waals surface area contributed by atoms with Crippen molar-refractivity contribution in [2.45, 2.75) is 32.8 Å². The second-order valence-corrected chi connectivity index (χ2v) is 7.03. The van der Waals surface area contributed by atoms with Crippen LogP contribution in [-0.2, 0) is 9.53 Å². The Morgan fingerprint density at radius 2 is 1.96 bits per heavy atom. The molecule has 0 bridgehead atoms. The zero-order valence-corrected chi connectivity index (χ0v) is 16.3. The number of para-hydroxylation sites is 2. The van der Waals surface area contributed by atoms with Crippen LogP contribution < -0.4 is 14.8 Å². The molecule has 6 heteroatoms. The van der Waals surface area contributed by atoms with E-state index in [1.165, 1.54) is 0 Å². The summed E-state index contributed by atoms with van der Waals surface area (Å²) in [7, 11) is 0. The van der Waals surface area contributed by atoms with Gasteiger partial charge >= 0.3 is 0 Å². The van der Waals surface area contributed by atoms with Gasteiger partial charge in [0.25, 0.3) is 5.91 Å². The molecule has 0 aliphatic carbocycles. The minimum atomic E-state index is -0.256. The van der Waals surface area contributed by atoms with E-state index in [2.05, 4.69) is 5.32 Å². The lowest BCUT2D eigenvalue weighted by atomic mass is 10.1. The van der Waals surface area contributed by atoms with Crippen molar-refractivity contribution in [1.82, 2.24) is 0 Å². The topological polar surface area (TPSA) is 56.8 Å². The summed E-state index contributed by atoms with van der Waals surface area (Å²) in [4.78, 5) is 12.3. The van der Waals surface area contributed by atoms with Gasteiger partial charge in [-0.1, -0.05) is 23.7 Å². The predicted molar refractivity (Wildman–Crippen MR) is 106 cm³/mol. The van der Waals surface area contributed by atoms with Crippen LogP contribution in [0.2, 0.25) is 5.02 Å². The van der Waals surface area contributed by atoms with E-state index in [1.807, 2.05) is 44.2 Å². The molecule has 1 N–H and O–H groups in total. The molecule has 2 aromatic rings. The van der Waals surface area contributed by atoms with Crippen molar-refractivity contribution in [2.75, 3.05) is 25.1 Å². The molecular formula is C21H24ClNO4. The molecule has 1 aliphatic heterocycles. The first-order chi connectivity index (χ1) is 13.0. The zero-order chi connectivity index (χ0) is 19.2. The van der Waals surface area contributed by atoms with Crippen LogP contribution in [0.15, 0.2) is 36.4 Å². The Hall–Kier alpha value is -2.24. The van der Waals surface area contributed by atoms with Crippen LogP contribution in [0, 0.1) is 13.8 Å². The smallest absolute Gasteiger partial charge is 0.262 e. The molecule has 1 heterocycles. The molecule has 1 saturated heterocycles. The van der Waals surface area contributed by atoms with Crippen LogP contribution in [0.5, 0.6) is 11.5 Å². The highest BCUT2D eigenvalue weighted by Gasteiger charge is 2.17. The number of hydrogen-bond acceptors (Lipinski definition) is 4. The van der Waals surface area contributed by atoms with Crippen LogP contribution in [-0.4, -0.2) is 31.8 Å². The largest absolute Gasteiger partial charge is 0.489 e. The molecule has 2 aromatic carbocycles. The Morgan fingerprint density at radius 3 is 2.67 bits per heavy atom. The molecule has 1 atom stereocenters. The molecule has 144 valence electrons. The van der Waals surface area contributed by atoms with Gasteiger partial charge in [-0.3, -0.25) is 4.79 Å². The standard InChI is InChI=1S/C21H24ClNO4/c1-14-10-17(11-15(2)21(14)22)26-13-20(24)23-18-7-3-4-8-19(18)27-12-16-6-5-9-25-16/h3-4,7-8,10-11,16H,5-6,9,12-13H2,1-2H3,(H,23,24)/t16-/m1/s1. The van der Waals surface area contributed by atoms with Crippen LogP contribution in [0.25, 0.3) is 0 Å². The number of anilines is 1. The molecule has 1 fully saturated rings. The average molecular weight is 390 g/mol. The molecule has 1 aliphatic rings.